The molecule has 0 radical (unpaired) electrons. The number of fused-ring (bicyclic) bond motifs is 1. The van der Waals surface area contributed by atoms with Gasteiger partial charge in [-0.25, -0.2) is 13.2 Å². The summed E-state index contributed by atoms with van der Waals surface area (Å²) >= 11 is 3.43. The van der Waals surface area contributed by atoms with Gasteiger partial charge in [0.15, 0.2) is 0 Å². The Bertz CT molecular complexity index is 1530. The van der Waals surface area contributed by atoms with Crippen LogP contribution in [-0.2, 0) is 19.6 Å². The van der Waals surface area contributed by atoms with Crippen LogP contribution < -0.4 is 10.0 Å². The van der Waals surface area contributed by atoms with Crippen LogP contribution in [0, 0.1) is 0 Å². The number of piperazine rings is 1. The number of hydrogen-bond donors (Lipinski definition) is 2. The molecule has 2 aromatic rings. The second-order valence-corrected chi connectivity index (χ2v) is 15.5. The normalized spacial score (nSPS) is 23.7. The topological polar surface area (TPSA) is 122 Å². The number of sulfonamides is 1. The summed E-state index contributed by atoms with van der Waals surface area (Å²) < 4.78 is 30.1. The van der Waals surface area contributed by atoms with Crippen LogP contribution in [0.4, 0.5) is 4.79 Å². The maximum absolute atomic E-state index is 13.5. The number of benzene rings is 2. The van der Waals surface area contributed by atoms with Crippen LogP contribution in [0.2, 0.25) is 0 Å². The predicted octanol–water partition coefficient (Wildman–Crippen LogP) is 3.13. The van der Waals surface area contributed by atoms with Crippen LogP contribution >= 0.6 is 15.9 Å². The van der Waals surface area contributed by atoms with Gasteiger partial charge < -0.3 is 20.0 Å². The second kappa shape index (κ2) is 13.9. The lowest BCUT2D eigenvalue weighted by Gasteiger charge is -2.38. The molecule has 0 aromatic heterocycles. The molecule has 3 heterocycles. The van der Waals surface area contributed by atoms with Gasteiger partial charge >= 0.3 is 6.03 Å². The third kappa shape index (κ3) is 7.64. The Kier molecular flexibility index (Phi) is 9.98. The molecule has 4 aliphatic rings. The van der Waals surface area contributed by atoms with Gasteiger partial charge in [-0.3, -0.25) is 14.5 Å². The Labute approximate surface area is 273 Å². The van der Waals surface area contributed by atoms with Gasteiger partial charge in [0.1, 0.15) is 6.04 Å². The summed E-state index contributed by atoms with van der Waals surface area (Å²) in [5.41, 5.74) is 0. The Balaban J connectivity index is 1.00. The van der Waals surface area contributed by atoms with Crippen LogP contribution in [0.3, 0.4) is 0 Å². The maximum atomic E-state index is 13.5. The molecule has 2 unspecified atom stereocenters. The maximum Gasteiger partial charge on any atom is 0.317 e. The minimum absolute atomic E-state index is 0.0386. The molecule has 4 fully saturated rings. The van der Waals surface area contributed by atoms with Crippen LogP contribution in [0.15, 0.2) is 45.8 Å². The molecular formula is C32H43BrN6O5S. The van der Waals surface area contributed by atoms with E-state index in [1.807, 2.05) is 28.0 Å². The molecule has 3 saturated heterocycles. The van der Waals surface area contributed by atoms with E-state index in [1.165, 1.54) is 17.7 Å². The quantitative estimate of drug-likeness (QED) is 0.436. The van der Waals surface area contributed by atoms with Crippen molar-refractivity contribution < 1.29 is 22.8 Å². The van der Waals surface area contributed by atoms with Crippen molar-refractivity contribution in [3.63, 3.8) is 0 Å². The number of amides is 4. The summed E-state index contributed by atoms with van der Waals surface area (Å²) in [5, 5.41) is 4.87. The molecule has 45 heavy (non-hydrogen) atoms. The number of carbonyl (C=O) groups is 3. The number of nitrogens with zero attached hydrogens (tertiary/aromatic N) is 4. The summed E-state index contributed by atoms with van der Waals surface area (Å²) in [4.78, 5) is 47.3. The van der Waals surface area contributed by atoms with Crippen molar-refractivity contribution in [3.05, 3.63) is 40.9 Å². The molecule has 11 nitrogen and oxygen atoms in total. The van der Waals surface area contributed by atoms with Crippen LogP contribution in [0.25, 0.3) is 10.8 Å². The third-order valence-corrected chi connectivity index (χ3v) is 11.7. The van der Waals surface area contributed by atoms with Crippen LogP contribution in [0.5, 0.6) is 0 Å². The largest absolute Gasteiger partial charge is 0.337 e. The number of rotatable bonds is 8. The highest BCUT2D eigenvalue weighted by atomic mass is 79.9. The highest BCUT2D eigenvalue weighted by molar-refractivity contribution is 9.10. The zero-order valence-corrected chi connectivity index (χ0v) is 28.0. The molecule has 0 bridgehead atoms. The number of halogens is 1. The molecule has 1 aliphatic carbocycles. The van der Waals surface area contributed by atoms with E-state index in [9.17, 15) is 22.8 Å². The molecule has 1 saturated carbocycles. The van der Waals surface area contributed by atoms with Gasteiger partial charge in [-0.2, -0.15) is 4.72 Å². The van der Waals surface area contributed by atoms with Gasteiger partial charge in [0.05, 0.1) is 11.4 Å². The average molecular weight is 704 g/mol. The lowest BCUT2D eigenvalue weighted by molar-refractivity contribution is -0.143. The first kappa shape index (κ1) is 32.2. The van der Waals surface area contributed by atoms with Crippen molar-refractivity contribution in [2.75, 3.05) is 52.4 Å². The third-order valence-electron chi connectivity index (χ3n) is 9.75. The fourth-order valence-corrected chi connectivity index (χ4v) is 8.84. The molecule has 2 aromatic carbocycles. The molecule has 2 N–H and O–H groups in total. The fraction of sp³-hybridized carbons (Fsp3) is 0.594. The lowest BCUT2D eigenvalue weighted by Crippen LogP contribution is -2.56. The first-order valence-electron chi connectivity index (χ1n) is 16.2. The van der Waals surface area contributed by atoms with E-state index in [0.717, 1.165) is 60.6 Å². The standard InChI is InChI=1S/C32H43BrN6O5S/c33-25-11-9-24-20-28(12-10-23(24)19-25)45(43,44)35-29-8-4-13-38(31(29)41)22-30(40)39-14-3-7-27(39)21-36-15-17-37(18-16-36)32(42)34-26-5-1-2-6-26/h9-12,19-20,26-27,29,35H,1-8,13-18,21-22H2,(H,34,42). The Morgan fingerprint density at radius 2 is 1.56 bits per heavy atom. The summed E-state index contributed by atoms with van der Waals surface area (Å²) in [6, 6.07) is 10.0. The molecule has 3 aliphatic heterocycles. The summed E-state index contributed by atoms with van der Waals surface area (Å²) in [5.74, 6) is -0.449. The zero-order chi connectivity index (χ0) is 31.6. The minimum Gasteiger partial charge on any atom is -0.337 e. The predicted molar refractivity (Wildman–Crippen MR) is 175 cm³/mol. The van der Waals surface area contributed by atoms with Gasteiger partial charge in [-0.05, 0) is 73.6 Å². The molecular weight excluding hydrogens is 660 g/mol. The van der Waals surface area contributed by atoms with E-state index in [1.54, 1.807) is 18.2 Å². The Morgan fingerprint density at radius 1 is 0.844 bits per heavy atom. The number of likely N-dealkylation sites (tertiary alicyclic amines) is 2. The smallest absolute Gasteiger partial charge is 0.317 e. The molecule has 0 spiro atoms. The highest BCUT2D eigenvalue weighted by Crippen LogP contribution is 2.25. The number of nitrogens with one attached hydrogen (secondary N) is 2. The van der Waals surface area contributed by atoms with Gasteiger partial charge in [0.2, 0.25) is 21.8 Å². The lowest BCUT2D eigenvalue weighted by atomic mass is 10.1. The van der Waals surface area contributed by atoms with Crippen LogP contribution in [0.1, 0.15) is 51.4 Å². The monoisotopic (exact) mass is 702 g/mol. The van der Waals surface area contributed by atoms with E-state index in [4.69, 9.17) is 0 Å². The number of hydrogen-bond acceptors (Lipinski definition) is 6. The zero-order valence-electron chi connectivity index (χ0n) is 25.6. The van der Waals surface area contributed by atoms with Crippen molar-refractivity contribution in [3.8, 4) is 0 Å². The average Bonchev–Trinajstić information content (AvgIpc) is 3.71. The van der Waals surface area contributed by atoms with Gasteiger partial charge in [-0.1, -0.05) is 40.9 Å². The Hall–Kier alpha value is -2.74. The molecule has 2 atom stereocenters. The highest BCUT2D eigenvalue weighted by Gasteiger charge is 2.37. The van der Waals surface area contributed by atoms with E-state index in [-0.39, 0.29) is 35.3 Å². The molecule has 244 valence electrons. The molecule has 6 rings (SSSR count). The van der Waals surface area contributed by atoms with Gasteiger partial charge in [0, 0.05) is 62.4 Å². The first-order valence-corrected chi connectivity index (χ1v) is 18.5. The van der Waals surface area contributed by atoms with Crippen molar-refractivity contribution in [1.82, 2.24) is 29.6 Å². The fourth-order valence-electron chi connectivity index (χ4n) is 7.20. The van der Waals surface area contributed by atoms with Gasteiger partial charge in [0.25, 0.3) is 0 Å². The molecule has 13 heteroatoms. The van der Waals surface area contributed by atoms with E-state index < -0.39 is 16.1 Å². The van der Waals surface area contributed by atoms with E-state index >= 15 is 0 Å². The number of piperidine rings is 1. The van der Waals surface area contributed by atoms with Crippen molar-refractivity contribution >= 4 is 54.6 Å². The second-order valence-electron chi connectivity index (χ2n) is 12.8. The summed E-state index contributed by atoms with van der Waals surface area (Å²) in [7, 11) is -3.94. The number of carbonyl (C=O) groups excluding carboxylic acids is 3. The summed E-state index contributed by atoms with van der Waals surface area (Å²) in [6.45, 7) is 4.69. The molecule has 4 amide bonds. The summed E-state index contributed by atoms with van der Waals surface area (Å²) in [6.07, 6.45) is 7.34. The van der Waals surface area contributed by atoms with Crippen molar-refractivity contribution in [1.29, 1.82) is 0 Å². The van der Waals surface area contributed by atoms with Crippen molar-refractivity contribution in [2.24, 2.45) is 0 Å². The Morgan fingerprint density at radius 3 is 2.33 bits per heavy atom. The number of urea groups is 1. The van der Waals surface area contributed by atoms with E-state index in [2.05, 4.69) is 30.9 Å². The SMILES string of the molecule is O=C(NC1CCCC1)N1CCN(CC2CCCN2C(=O)CN2CCCC(NS(=O)(=O)c3ccc4cc(Br)ccc4c3)C2=O)CC1. The minimum atomic E-state index is -3.94. The first-order chi connectivity index (χ1) is 21.7. The van der Waals surface area contributed by atoms with Crippen LogP contribution in [-0.4, -0.2) is 116 Å². The van der Waals surface area contributed by atoms with Gasteiger partial charge in [-0.15, -0.1) is 0 Å². The van der Waals surface area contributed by atoms with E-state index in [0.29, 0.717) is 45.1 Å². The van der Waals surface area contributed by atoms with Crippen molar-refractivity contribution in [2.45, 2.75) is 74.4 Å².